The minimum atomic E-state index is -1.57. The monoisotopic (exact) mass is 972 g/mol. The fourth-order valence-corrected chi connectivity index (χ4v) is 7.43. The SMILES string of the molecule is CC/C=C\C/C=C\C/C=C\C/C=C\C/C=C\C/C=C\C/C=C\C/C=C\C/C=C\C/C=C\C/C=C\C/C=C\CCCCC(=O)NC(COC1OC(CO)C(O)C(O)C1O)C(O)CCCCCCCCCC. The molecule has 0 aromatic carbocycles. The molecule has 0 saturated carbocycles. The standard InChI is InChI=1S/C61H97NO8/c1-3-5-7-9-11-13-14-15-16-17-18-19-20-21-22-23-24-25-26-27-28-29-30-31-32-33-34-35-36-37-38-39-40-41-42-43-45-47-49-51-57(65)62-54(55(64)50-48-46-44-12-10-8-6-4-2)53-69-61-60(68)59(67)58(66)56(52-63)70-61/h5,7,11,13,15-16,18-19,21-22,24-25,27-28,30-31,33-34,36-37,39-40,42-43,54-56,58-61,63-64,66-68H,3-4,6,8-10,12,14,17,20,23,26,29,32,35,38,41,44-53H2,1-2H3,(H,62,65)/b7-5-,13-11-,16-15-,19-18-,22-21-,25-24-,28-27-,31-30-,34-33-,37-36-,40-39-,43-42-. The van der Waals surface area contributed by atoms with Crippen LogP contribution in [0.4, 0.5) is 0 Å². The summed E-state index contributed by atoms with van der Waals surface area (Å²) in [5.41, 5.74) is 0. The molecule has 0 aromatic rings. The van der Waals surface area contributed by atoms with Crippen LogP contribution in [0.15, 0.2) is 146 Å². The van der Waals surface area contributed by atoms with Gasteiger partial charge in [-0.05, 0) is 103 Å². The number of ether oxygens (including phenoxy) is 2. The van der Waals surface area contributed by atoms with Gasteiger partial charge in [-0.15, -0.1) is 0 Å². The number of nitrogens with one attached hydrogen (secondary N) is 1. The van der Waals surface area contributed by atoms with Crippen molar-refractivity contribution in [1.82, 2.24) is 5.32 Å². The Bertz CT molecular complexity index is 1600. The van der Waals surface area contributed by atoms with Crippen molar-refractivity contribution in [3.8, 4) is 0 Å². The van der Waals surface area contributed by atoms with Gasteiger partial charge in [0.1, 0.15) is 24.4 Å². The van der Waals surface area contributed by atoms with Gasteiger partial charge in [0.25, 0.3) is 0 Å². The molecule has 70 heavy (non-hydrogen) atoms. The van der Waals surface area contributed by atoms with E-state index in [9.17, 15) is 30.3 Å². The van der Waals surface area contributed by atoms with Crippen molar-refractivity contribution in [1.29, 1.82) is 0 Å². The third-order valence-electron chi connectivity index (χ3n) is 11.7. The predicted molar refractivity (Wildman–Crippen MR) is 294 cm³/mol. The zero-order valence-corrected chi connectivity index (χ0v) is 43.5. The minimum absolute atomic E-state index is 0.166. The van der Waals surface area contributed by atoms with E-state index in [-0.39, 0.29) is 12.5 Å². The number of hydrogen-bond acceptors (Lipinski definition) is 8. The Hall–Kier alpha value is -3.93. The lowest BCUT2D eigenvalue weighted by Crippen LogP contribution is -2.60. The van der Waals surface area contributed by atoms with E-state index in [0.29, 0.717) is 19.3 Å². The average Bonchev–Trinajstić information content (AvgIpc) is 3.36. The van der Waals surface area contributed by atoms with E-state index in [0.717, 1.165) is 109 Å². The summed E-state index contributed by atoms with van der Waals surface area (Å²) in [4.78, 5) is 12.9. The zero-order chi connectivity index (χ0) is 50.8. The Morgan fingerprint density at radius 2 is 0.886 bits per heavy atom. The van der Waals surface area contributed by atoms with E-state index >= 15 is 0 Å². The van der Waals surface area contributed by atoms with Gasteiger partial charge >= 0.3 is 0 Å². The van der Waals surface area contributed by atoms with Gasteiger partial charge in [-0.3, -0.25) is 4.79 Å². The Kier molecular flexibility index (Phi) is 44.6. The second-order valence-corrected chi connectivity index (χ2v) is 17.9. The van der Waals surface area contributed by atoms with Gasteiger partial charge in [0.2, 0.25) is 5.91 Å². The molecule has 1 aliphatic rings. The second kappa shape index (κ2) is 48.7. The highest BCUT2D eigenvalue weighted by molar-refractivity contribution is 5.76. The van der Waals surface area contributed by atoms with Gasteiger partial charge in [-0.1, -0.05) is 211 Å². The van der Waals surface area contributed by atoms with Crippen molar-refractivity contribution in [3.05, 3.63) is 146 Å². The Balaban J connectivity index is 2.18. The van der Waals surface area contributed by atoms with Gasteiger partial charge < -0.3 is 40.3 Å². The summed E-state index contributed by atoms with van der Waals surface area (Å²) in [5.74, 6) is -0.197. The lowest BCUT2D eigenvalue weighted by molar-refractivity contribution is -0.302. The number of hydrogen-bond donors (Lipinski definition) is 6. The van der Waals surface area contributed by atoms with Crippen molar-refractivity contribution >= 4 is 5.91 Å². The molecule has 1 heterocycles. The van der Waals surface area contributed by atoms with Gasteiger partial charge in [0, 0.05) is 6.42 Å². The Morgan fingerprint density at radius 1 is 0.500 bits per heavy atom. The molecule has 9 nitrogen and oxygen atoms in total. The van der Waals surface area contributed by atoms with Crippen LogP contribution in [0.5, 0.6) is 0 Å². The maximum atomic E-state index is 12.9. The predicted octanol–water partition coefficient (Wildman–Crippen LogP) is 13.1. The lowest BCUT2D eigenvalue weighted by Gasteiger charge is -2.40. The molecule has 7 atom stereocenters. The Morgan fingerprint density at radius 3 is 1.29 bits per heavy atom. The summed E-state index contributed by atoms with van der Waals surface area (Å²) < 4.78 is 11.2. The normalized spacial score (nSPS) is 20.6. The van der Waals surface area contributed by atoms with Crippen LogP contribution < -0.4 is 5.32 Å². The molecule has 0 aromatic heterocycles. The molecule has 1 saturated heterocycles. The summed E-state index contributed by atoms with van der Waals surface area (Å²) in [6, 6.07) is -0.750. The molecule has 0 spiro atoms. The number of aliphatic hydroxyl groups excluding tert-OH is 5. The zero-order valence-electron chi connectivity index (χ0n) is 43.5. The molecule has 0 aliphatic carbocycles. The number of amides is 1. The highest BCUT2D eigenvalue weighted by Crippen LogP contribution is 2.23. The van der Waals surface area contributed by atoms with Crippen molar-refractivity contribution in [2.45, 2.75) is 217 Å². The summed E-state index contributed by atoms with van der Waals surface area (Å²) >= 11 is 0. The third kappa shape index (κ3) is 37.8. The van der Waals surface area contributed by atoms with E-state index in [4.69, 9.17) is 9.47 Å². The first-order chi connectivity index (χ1) is 34.3. The van der Waals surface area contributed by atoms with E-state index < -0.39 is 49.5 Å². The van der Waals surface area contributed by atoms with Gasteiger partial charge in [0.05, 0.1) is 25.4 Å². The van der Waals surface area contributed by atoms with Crippen LogP contribution >= 0.6 is 0 Å². The maximum absolute atomic E-state index is 12.9. The fourth-order valence-electron chi connectivity index (χ4n) is 7.43. The van der Waals surface area contributed by atoms with Crippen LogP contribution in [0, 0.1) is 0 Å². The molecule has 0 radical (unpaired) electrons. The molecule has 6 N–H and O–H groups in total. The van der Waals surface area contributed by atoms with E-state index in [1.807, 2.05) is 0 Å². The van der Waals surface area contributed by atoms with E-state index in [1.54, 1.807) is 0 Å². The smallest absolute Gasteiger partial charge is 0.220 e. The first-order valence-electron chi connectivity index (χ1n) is 27.0. The highest BCUT2D eigenvalue weighted by Gasteiger charge is 2.44. The third-order valence-corrected chi connectivity index (χ3v) is 11.7. The topological polar surface area (TPSA) is 149 Å². The summed E-state index contributed by atoms with van der Waals surface area (Å²) in [5, 5.41) is 54.2. The number of carbonyl (C=O) groups excluding carboxylic acids is 1. The summed E-state index contributed by atoms with van der Waals surface area (Å²) in [6.07, 6.45) is 69.0. The van der Waals surface area contributed by atoms with Crippen LogP contribution in [0.25, 0.3) is 0 Å². The van der Waals surface area contributed by atoms with Gasteiger partial charge in [-0.25, -0.2) is 0 Å². The molecule has 0 bridgehead atoms. The van der Waals surface area contributed by atoms with E-state index in [2.05, 4.69) is 165 Å². The van der Waals surface area contributed by atoms with Crippen LogP contribution in [0.3, 0.4) is 0 Å². The van der Waals surface area contributed by atoms with Crippen LogP contribution in [0.1, 0.15) is 174 Å². The van der Waals surface area contributed by atoms with Gasteiger partial charge in [-0.2, -0.15) is 0 Å². The molecule has 394 valence electrons. The van der Waals surface area contributed by atoms with Crippen molar-refractivity contribution in [3.63, 3.8) is 0 Å². The van der Waals surface area contributed by atoms with Crippen molar-refractivity contribution in [2.75, 3.05) is 13.2 Å². The average molecular weight is 972 g/mol. The quantitative estimate of drug-likeness (QED) is 0.0261. The molecule has 1 aliphatic heterocycles. The summed E-state index contributed by atoms with van der Waals surface area (Å²) in [6.45, 7) is 3.63. The van der Waals surface area contributed by atoms with Crippen LogP contribution in [0.2, 0.25) is 0 Å². The van der Waals surface area contributed by atoms with Crippen molar-refractivity contribution in [2.24, 2.45) is 0 Å². The van der Waals surface area contributed by atoms with Crippen LogP contribution in [-0.4, -0.2) is 87.5 Å². The lowest BCUT2D eigenvalue weighted by atomic mass is 9.99. The second-order valence-electron chi connectivity index (χ2n) is 17.9. The summed E-state index contributed by atoms with van der Waals surface area (Å²) in [7, 11) is 0. The highest BCUT2D eigenvalue weighted by atomic mass is 16.7. The first-order valence-corrected chi connectivity index (χ1v) is 27.0. The molecular weight excluding hydrogens is 875 g/mol. The van der Waals surface area contributed by atoms with Gasteiger partial charge in [0.15, 0.2) is 6.29 Å². The molecule has 1 fully saturated rings. The minimum Gasteiger partial charge on any atom is -0.394 e. The Labute approximate surface area is 425 Å². The van der Waals surface area contributed by atoms with E-state index in [1.165, 1.54) is 32.1 Å². The number of carbonyl (C=O) groups is 1. The molecule has 1 amide bonds. The molecule has 7 unspecified atom stereocenters. The molecule has 9 heteroatoms. The number of allylic oxidation sites excluding steroid dienone is 24. The largest absolute Gasteiger partial charge is 0.394 e. The number of rotatable bonds is 43. The number of aliphatic hydroxyl groups is 5. The fraction of sp³-hybridized carbons (Fsp3) is 0.590. The maximum Gasteiger partial charge on any atom is 0.220 e. The molecule has 1 rings (SSSR count). The number of unbranched alkanes of at least 4 members (excludes halogenated alkanes) is 9. The first kappa shape index (κ1) is 64.1. The molecular formula is C61H97NO8. The van der Waals surface area contributed by atoms with Crippen molar-refractivity contribution < 1.29 is 39.8 Å². The van der Waals surface area contributed by atoms with Crippen LogP contribution in [-0.2, 0) is 14.3 Å².